The molecule has 0 aromatic rings. The number of unbranched alkanes of at least 4 members (excludes halogenated alkanes) is 4. The first-order valence-electron chi connectivity index (χ1n) is 4.69. The van der Waals surface area contributed by atoms with Crippen LogP contribution in [0.4, 0.5) is 0 Å². The normalized spacial score (nSPS) is 9.85. The van der Waals surface area contributed by atoms with E-state index in [0.29, 0.717) is 12.8 Å². The second-order valence-electron chi connectivity index (χ2n) is 3.20. The minimum atomic E-state index is -0.239. The van der Waals surface area contributed by atoms with Crippen LogP contribution in [0, 0.1) is 0 Å². The van der Waals surface area contributed by atoms with Crippen molar-refractivity contribution in [1.29, 1.82) is 0 Å². The zero-order valence-electron chi connectivity index (χ0n) is 7.92. The summed E-state index contributed by atoms with van der Waals surface area (Å²) in [4.78, 5) is 20.7. The van der Waals surface area contributed by atoms with Crippen LogP contribution in [0.3, 0.4) is 0 Å². The number of hydrogen-bond donors (Lipinski definition) is 2. The number of primary amides is 2. The first-order valence-corrected chi connectivity index (χ1v) is 4.69. The summed E-state index contributed by atoms with van der Waals surface area (Å²) in [5.74, 6) is -0.478. The molecule has 4 N–H and O–H groups in total. The smallest absolute Gasteiger partial charge is 0.217 e. The Kier molecular flexibility index (Phi) is 6.96. The van der Waals surface area contributed by atoms with Crippen LogP contribution in [0.1, 0.15) is 44.9 Å². The second-order valence-corrected chi connectivity index (χ2v) is 3.20. The van der Waals surface area contributed by atoms with Crippen molar-refractivity contribution < 1.29 is 9.59 Å². The molecule has 4 heteroatoms. The van der Waals surface area contributed by atoms with Crippen molar-refractivity contribution in [2.45, 2.75) is 44.9 Å². The molecular formula is C9H18N2O2. The number of nitrogens with two attached hydrogens (primary N) is 2. The van der Waals surface area contributed by atoms with Crippen LogP contribution in [-0.2, 0) is 9.59 Å². The number of hydrogen-bond acceptors (Lipinski definition) is 2. The van der Waals surface area contributed by atoms with Gasteiger partial charge in [0.05, 0.1) is 0 Å². The lowest BCUT2D eigenvalue weighted by atomic mass is 10.1. The summed E-state index contributed by atoms with van der Waals surface area (Å²) < 4.78 is 0. The second kappa shape index (κ2) is 7.58. The fourth-order valence-electron chi connectivity index (χ4n) is 1.13. The van der Waals surface area contributed by atoms with E-state index in [9.17, 15) is 9.59 Å². The molecule has 4 nitrogen and oxygen atoms in total. The molecule has 2 amide bonds. The lowest BCUT2D eigenvalue weighted by Gasteiger charge is -1.98. The monoisotopic (exact) mass is 186 g/mol. The zero-order valence-corrected chi connectivity index (χ0v) is 7.92. The summed E-state index contributed by atoms with van der Waals surface area (Å²) >= 11 is 0. The van der Waals surface area contributed by atoms with Gasteiger partial charge in [0.2, 0.25) is 11.8 Å². The largest absolute Gasteiger partial charge is 0.370 e. The maximum atomic E-state index is 10.3. The molecule has 13 heavy (non-hydrogen) atoms. The third-order valence-electron chi connectivity index (χ3n) is 1.85. The first kappa shape index (κ1) is 11.9. The van der Waals surface area contributed by atoms with Gasteiger partial charge in [-0.05, 0) is 12.8 Å². The fraction of sp³-hybridized carbons (Fsp3) is 0.778. The Balaban J connectivity index is 3.00. The summed E-state index contributed by atoms with van der Waals surface area (Å²) in [5.41, 5.74) is 9.95. The van der Waals surface area contributed by atoms with Gasteiger partial charge >= 0.3 is 0 Å². The molecule has 0 unspecified atom stereocenters. The Morgan fingerprint density at radius 1 is 0.692 bits per heavy atom. The van der Waals surface area contributed by atoms with E-state index in [2.05, 4.69) is 0 Å². The van der Waals surface area contributed by atoms with E-state index in [1.807, 2.05) is 0 Å². The highest BCUT2D eigenvalue weighted by atomic mass is 16.1. The Hall–Kier alpha value is -1.06. The summed E-state index contributed by atoms with van der Waals surface area (Å²) in [6.45, 7) is 0. The van der Waals surface area contributed by atoms with Gasteiger partial charge in [0, 0.05) is 12.8 Å². The van der Waals surface area contributed by atoms with Crippen LogP contribution in [0.5, 0.6) is 0 Å². The Morgan fingerprint density at radius 2 is 1.00 bits per heavy atom. The molecular weight excluding hydrogens is 168 g/mol. The van der Waals surface area contributed by atoms with E-state index < -0.39 is 0 Å². The SMILES string of the molecule is NC(=O)CCCCCCCC(N)=O. The minimum absolute atomic E-state index is 0.239. The topological polar surface area (TPSA) is 86.2 Å². The Bertz CT molecular complexity index is 151. The van der Waals surface area contributed by atoms with Gasteiger partial charge in [-0.3, -0.25) is 9.59 Å². The fourth-order valence-corrected chi connectivity index (χ4v) is 1.13. The highest BCUT2D eigenvalue weighted by Gasteiger charge is 1.96. The van der Waals surface area contributed by atoms with Gasteiger partial charge in [-0.2, -0.15) is 0 Å². The molecule has 0 spiro atoms. The van der Waals surface area contributed by atoms with Crippen LogP contribution in [0.25, 0.3) is 0 Å². The standard InChI is InChI=1S/C9H18N2O2/c10-8(12)6-4-2-1-3-5-7-9(11)13/h1-7H2,(H2,10,12)(H2,11,13). The van der Waals surface area contributed by atoms with Crippen molar-refractivity contribution in [1.82, 2.24) is 0 Å². The van der Waals surface area contributed by atoms with Gasteiger partial charge in [-0.1, -0.05) is 19.3 Å². The van der Waals surface area contributed by atoms with E-state index in [0.717, 1.165) is 32.1 Å². The summed E-state index contributed by atoms with van der Waals surface area (Å²) in [6, 6.07) is 0. The number of carbonyl (C=O) groups excluding carboxylic acids is 2. The van der Waals surface area contributed by atoms with Crippen LogP contribution >= 0.6 is 0 Å². The minimum Gasteiger partial charge on any atom is -0.370 e. The van der Waals surface area contributed by atoms with Crippen molar-refractivity contribution in [3.8, 4) is 0 Å². The van der Waals surface area contributed by atoms with E-state index in [4.69, 9.17) is 11.5 Å². The average Bonchev–Trinajstić information content (AvgIpc) is 2.01. The van der Waals surface area contributed by atoms with E-state index in [-0.39, 0.29) is 11.8 Å². The highest BCUT2D eigenvalue weighted by molar-refractivity contribution is 5.73. The van der Waals surface area contributed by atoms with Crippen molar-refractivity contribution in [2.24, 2.45) is 11.5 Å². The molecule has 0 rings (SSSR count). The molecule has 0 aromatic carbocycles. The molecule has 0 aliphatic rings. The molecule has 76 valence electrons. The number of carbonyl (C=O) groups is 2. The van der Waals surface area contributed by atoms with Crippen LogP contribution < -0.4 is 11.5 Å². The van der Waals surface area contributed by atoms with Gasteiger partial charge < -0.3 is 11.5 Å². The first-order chi connectivity index (χ1) is 6.13. The molecule has 0 bridgehead atoms. The van der Waals surface area contributed by atoms with Gasteiger partial charge in [0.15, 0.2) is 0 Å². The predicted octanol–water partition coefficient (Wildman–Crippen LogP) is 0.688. The van der Waals surface area contributed by atoms with Crippen LogP contribution in [0.15, 0.2) is 0 Å². The van der Waals surface area contributed by atoms with E-state index in [1.165, 1.54) is 0 Å². The predicted molar refractivity (Wildman–Crippen MR) is 50.7 cm³/mol. The highest BCUT2D eigenvalue weighted by Crippen LogP contribution is 2.06. The third kappa shape index (κ3) is 10.9. The third-order valence-corrected chi connectivity index (χ3v) is 1.85. The summed E-state index contributed by atoms with van der Waals surface area (Å²) in [6.07, 6.45) is 5.69. The average molecular weight is 186 g/mol. The quantitative estimate of drug-likeness (QED) is 0.546. The van der Waals surface area contributed by atoms with Crippen molar-refractivity contribution in [3.63, 3.8) is 0 Å². The van der Waals surface area contributed by atoms with Gasteiger partial charge in [0.1, 0.15) is 0 Å². The van der Waals surface area contributed by atoms with E-state index >= 15 is 0 Å². The molecule has 0 fully saturated rings. The molecule has 0 aliphatic carbocycles. The molecule has 0 aliphatic heterocycles. The summed E-state index contributed by atoms with van der Waals surface area (Å²) in [5, 5.41) is 0. The molecule has 0 saturated carbocycles. The Labute approximate surface area is 78.7 Å². The lowest BCUT2D eigenvalue weighted by molar-refractivity contribution is -0.118. The van der Waals surface area contributed by atoms with Crippen LogP contribution in [0.2, 0.25) is 0 Å². The summed E-state index contributed by atoms with van der Waals surface area (Å²) in [7, 11) is 0. The number of rotatable bonds is 8. The molecule has 0 aromatic heterocycles. The molecule has 0 radical (unpaired) electrons. The van der Waals surface area contributed by atoms with E-state index in [1.54, 1.807) is 0 Å². The van der Waals surface area contributed by atoms with Crippen LogP contribution in [-0.4, -0.2) is 11.8 Å². The van der Waals surface area contributed by atoms with Gasteiger partial charge in [-0.15, -0.1) is 0 Å². The molecule has 0 heterocycles. The van der Waals surface area contributed by atoms with Crippen molar-refractivity contribution >= 4 is 11.8 Å². The Morgan fingerprint density at radius 3 is 1.31 bits per heavy atom. The zero-order chi connectivity index (χ0) is 10.1. The van der Waals surface area contributed by atoms with Crippen molar-refractivity contribution in [3.05, 3.63) is 0 Å². The molecule has 0 saturated heterocycles. The molecule has 0 atom stereocenters. The number of amides is 2. The van der Waals surface area contributed by atoms with Crippen molar-refractivity contribution in [2.75, 3.05) is 0 Å². The van der Waals surface area contributed by atoms with Gasteiger partial charge in [0.25, 0.3) is 0 Å². The van der Waals surface area contributed by atoms with Gasteiger partial charge in [-0.25, -0.2) is 0 Å². The maximum Gasteiger partial charge on any atom is 0.217 e. The lowest BCUT2D eigenvalue weighted by Crippen LogP contribution is -2.10. The maximum absolute atomic E-state index is 10.3.